The van der Waals surface area contributed by atoms with Crippen molar-refractivity contribution in [2.75, 3.05) is 21.0 Å². The molecule has 3 heterocycles. The number of nitrogens with zero attached hydrogens (tertiary/aromatic N) is 2. The lowest BCUT2D eigenvalue weighted by atomic mass is 9.93. The Morgan fingerprint density at radius 3 is 2.54 bits per heavy atom. The highest BCUT2D eigenvalue weighted by molar-refractivity contribution is 9.10. The topological polar surface area (TPSA) is 89.8 Å². The fourth-order valence-corrected chi connectivity index (χ4v) is 6.37. The summed E-state index contributed by atoms with van der Waals surface area (Å²) in [5, 5.41) is 11.5. The zero-order chi connectivity index (χ0) is 26.0. The van der Waals surface area contributed by atoms with E-state index in [0.717, 1.165) is 31.6 Å². The number of halogens is 1. The molecule has 1 atom stereocenters. The SMILES string of the molecule is COP(=O)(/N=C1/CC(c2ccc(CO)cc2)=CC(c2cccs2)N1Cc1cc2c(cc1Br)OCO2)OC. The monoisotopic (exact) mass is 604 g/mol. The first-order valence-corrected chi connectivity index (χ1v) is 14.7. The molecule has 1 aromatic heterocycles. The van der Waals surface area contributed by atoms with E-state index in [2.05, 4.69) is 37.7 Å². The maximum Gasteiger partial charge on any atom is 0.454 e. The van der Waals surface area contributed by atoms with E-state index in [0.29, 0.717) is 30.3 Å². The molecule has 5 rings (SSSR count). The minimum atomic E-state index is -3.72. The summed E-state index contributed by atoms with van der Waals surface area (Å²) in [7, 11) is -1.06. The Labute approximate surface area is 227 Å². The van der Waals surface area contributed by atoms with E-state index in [4.69, 9.17) is 18.5 Å². The first-order valence-electron chi connectivity index (χ1n) is 11.5. The van der Waals surface area contributed by atoms with Gasteiger partial charge in [-0.1, -0.05) is 52.3 Å². The molecule has 0 aliphatic carbocycles. The molecule has 0 bridgehead atoms. The minimum absolute atomic E-state index is 0.0209. The molecule has 0 spiro atoms. The predicted molar refractivity (Wildman–Crippen MR) is 147 cm³/mol. The highest BCUT2D eigenvalue weighted by atomic mass is 79.9. The Bertz CT molecular complexity index is 1370. The quantitative estimate of drug-likeness (QED) is 0.291. The lowest BCUT2D eigenvalue weighted by Gasteiger charge is -2.37. The number of aliphatic hydroxyl groups is 1. The van der Waals surface area contributed by atoms with Crippen molar-refractivity contribution in [3.63, 3.8) is 0 Å². The third kappa shape index (κ3) is 5.55. The Balaban J connectivity index is 1.62. The van der Waals surface area contributed by atoms with Gasteiger partial charge < -0.3 is 19.5 Å². The van der Waals surface area contributed by atoms with Crippen molar-refractivity contribution >= 4 is 46.4 Å². The highest BCUT2D eigenvalue weighted by Gasteiger charge is 2.33. The summed E-state index contributed by atoms with van der Waals surface area (Å²) in [5.74, 6) is 1.95. The van der Waals surface area contributed by atoms with Crippen LogP contribution in [0.1, 0.15) is 34.0 Å². The standard InChI is InChI=1S/C26H26BrN2O6PS/c1-32-36(31,33-2)28-26-12-19(18-7-5-17(15-30)6-8-18)10-22(25-4-3-9-37-25)29(26)14-20-11-23-24(13-21(20)27)35-16-34-23/h3-11,13,22,30H,12,14-16H2,1-2H3/b28-26-. The van der Waals surface area contributed by atoms with E-state index < -0.39 is 7.75 Å². The summed E-state index contributed by atoms with van der Waals surface area (Å²) < 4.78 is 40.2. The maximum absolute atomic E-state index is 13.2. The zero-order valence-electron chi connectivity index (χ0n) is 20.3. The molecule has 0 radical (unpaired) electrons. The summed E-state index contributed by atoms with van der Waals surface area (Å²) in [6, 6.07) is 15.5. The van der Waals surface area contributed by atoms with E-state index in [-0.39, 0.29) is 19.4 Å². The normalized spacial score (nSPS) is 18.4. The van der Waals surface area contributed by atoms with Gasteiger partial charge in [-0.15, -0.1) is 11.3 Å². The van der Waals surface area contributed by atoms with Gasteiger partial charge >= 0.3 is 7.75 Å². The minimum Gasteiger partial charge on any atom is -0.454 e. The van der Waals surface area contributed by atoms with Gasteiger partial charge in [-0.2, -0.15) is 4.76 Å². The van der Waals surface area contributed by atoms with E-state index in [1.54, 1.807) is 11.3 Å². The second-order valence-corrected chi connectivity index (χ2v) is 12.2. The van der Waals surface area contributed by atoms with Crippen LogP contribution >= 0.6 is 35.0 Å². The molecule has 2 aliphatic heterocycles. The van der Waals surface area contributed by atoms with Crippen LogP contribution in [0.5, 0.6) is 11.5 Å². The van der Waals surface area contributed by atoms with E-state index in [1.165, 1.54) is 14.2 Å². The molecule has 11 heteroatoms. The molecule has 0 saturated heterocycles. The molecule has 2 aliphatic rings. The lowest BCUT2D eigenvalue weighted by molar-refractivity contribution is 0.174. The Kier molecular flexibility index (Phi) is 7.85. The zero-order valence-corrected chi connectivity index (χ0v) is 23.6. The molecule has 3 aromatic rings. The molecule has 2 aromatic carbocycles. The molecule has 0 fully saturated rings. The third-order valence-electron chi connectivity index (χ3n) is 6.30. The average Bonchev–Trinajstić information content (AvgIpc) is 3.62. The van der Waals surface area contributed by atoms with E-state index >= 15 is 0 Å². The smallest absolute Gasteiger partial charge is 0.454 e. The number of amidine groups is 1. The third-order valence-corrected chi connectivity index (χ3v) is 9.38. The molecular weight excluding hydrogens is 579 g/mol. The summed E-state index contributed by atoms with van der Waals surface area (Å²) >= 11 is 5.32. The molecule has 8 nitrogen and oxygen atoms in total. The van der Waals surface area contributed by atoms with Crippen LogP contribution in [0.3, 0.4) is 0 Å². The van der Waals surface area contributed by atoms with Crippen molar-refractivity contribution in [2.24, 2.45) is 4.76 Å². The van der Waals surface area contributed by atoms with Crippen molar-refractivity contribution in [3.05, 3.63) is 86.0 Å². The van der Waals surface area contributed by atoms with Gasteiger partial charge in [-0.05, 0) is 45.8 Å². The largest absolute Gasteiger partial charge is 0.454 e. The molecule has 0 saturated carbocycles. The van der Waals surface area contributed by atoms with Gasteiger partial charge in [-0.3, -0.25) is 9.05 Å². The van der Waals surface area contributed by atoms with Crippen LogP contribution in [0.15, 0.2) is 69.2 Å². The second-order valence-electron chi connectivity index (χ2n) is 8.46. The first kappa shape index (κ1) is 26.2. The molecule has 194 valence electrons. The predicted octanol–water partition coefficient (Wildman–Crippen LogP) is 6.56. The van der Waals surface area contributed by atoms with Crippen LogP contribution in [0.4, 0.5) is 0 Å². The van der Waals surface area contributed by atoms with Crippen molar-refractivity contribution in [2.45, 2.75) is 25.6 Å². The van der Waals surface area contributed by atoms with Crippen molar-refractivity contribution in [1.82, 2.24) is 4.90 Å². The van der Waals surface area contributed by atoms with E-state index in [1.807, 2.05) is 47.8 Å². The van der Waals surface area contributed by atoms with Gasteiger partial charge in [0, 0.05) is 36.5 Å². The number of ether oxygens (including phenoxy) is 2. The van der Waals surface area contributed by atoms with Crippen LogP contribution in [-0.4, -0.2) is 36.9 Å². The van der Waals surface area contributed by atoms with Gasteiger partial charge in [0.2, 0.25) is 6.79 Å². The molecule has 1 N–H and O–H groups in total. The van der Waals surface area contributed by atoms with Crippen LogP contribution in [0, 0.1) is 0 Å². The van der Waals surface area contributed by atoms with Crippen LogP contribution in [0.25, 0.3) is 5.57 Å². The molecule has 1 unspecified atom stereocenters. The van der Waals surface area contributed by atoms with Crippen LogP contribution < -0.4 is 9.47 Å². The summed E-state index contributed by atoms with van der Waals surface area (Å²) in [6.07, 6.45) is 2.63. The number of hydrogen-bond acceptors (Lipinski definition) is 7. The van der Waals surface area contributed by atoms with Gasteiger partial charge in [0.15, 0.2) is 11.5 Å². The number of hydrogen-bond donors (Lipinski definition) is 1. The Morgan fingerprint density at radius 1 is 1.16 bits per heavy atom. The highest BCUT2D eigenvalue weighted by Crippen LogP contribution is 2.50. The average molecular weight is 605 g/mol. The summed E-state index contributed by atoms with van der Waals surface area (Å²) in [4.78, 5) is 3.23. The second kappa shape index (κ2) is 11.1. The van der Waals surface area contributed by atoms with Gasteiger partial charge in [0.25, 0.3) is 0 Å². The Morgan fingerprint density at radius 2 is 1.89 bits per heavy atom. The number of rotatable bonds is 8. The number of benzene rings is 2. The number of fused-ring (bicyclic) bond motifs is 1. The Hall–Kier alpha value is -2.46. The van der Waals surface area contributed by atoms with Crippen LogP contribution in [0.2, 0.25) is 0 Å². The number of aliphatic hydroxyl groups excluding tert-OH is 1. The van der Waals surface area contributed by atoms with Crippen LogP contribution in [-0.2, 0) is 26.8 Å². The van der Waals surface area contributed by atoms with E-state index in [9.17, 15) is 9.67 Å². The molecule has 37 heavy (non-hydrogen) atoms. The lowest BCUT2D eigenvalue weighted by Crippen LogP contribution is -2.36. The summed E-state index contributed by atoms with van der Waals surface area (Å²) in [5.41, 5.74) is 3.83. The maximum atomic E-state index is 13.2. The van der Waals surface area contributed by atoms with Gasteiger partial charge in [-0.25, -0.2) is 4.57 Å². The fourth-order valence-electron chi connectivity index (χ4n) is 4.33. The number of thiophene rings is 1. The van der Waals surface area contributed by atoms with Crippen molar-refractivity contribution in [1.29, 1.82) is 0 Å². The first-order chi connectivity index (χ1) is 17.9. The van der Waals surface area contributed by atoms with Gasteiger partial charge in [0.1, 0.15) is 5.84 Å². The molecule has 0 amide bonds. The van der Waals surface area contributed by atoms with Gasteiger partial charge in [0.05, 0.1) is 12.6 Å². The summed E-state index contributed by atoms with van der Waals surface area (Å²) in [6.45, 7) is 0.623. The molecular formula is C26H26BrN2O6PS. The van der Waals surface area contributed by atoms with Crippen molar-refractivity contribution < 1.29 is 28.2 Å². The van der Waals surface area contributed by atoms with Crippen molar-refractivity contribution in [3.8, 4) is 11.5 Å². The fraction of sp³-hybridized carbons (Fsp3) is 0.269.